The molecule has 0 aromatic rings. The lowest BCUT2D eigenvalue weighted by Crippen LogP contribution is -2.67. The average Bonchev–Trinajstić information content (AvgIpc) is 2.85. The van der Waals surface area contributed by atoms with E-state index in [2.05, 4.69) is 54.5 Å². The standard InChI is InChI=1S/C35H54O6/c1-21(36)40-25-20-32(7)26(31(5,6)28(25)41-22(2)37)13-14-34(9)27(32)12-11-23-24-19-30(3,4)15-17-35(24,29(38)39-10)18-16-33(23,34)8/h11,24-28H,12-20H2,1-10H3/t24-,25+,26+,27+,28+,32-,33+,34+,35-/m0/s1. The summed E-state index contributed by atoms with van der Waals surface area (Å²) in [5, 5.41) is 0. The molecular formula is C35H54O6. The van der Waals surface area contributed by atoms with Crippen molar-refractivity contribution in [2.75, 3.05) is 7.11 Å². The number of allylic oxidation sites excluding steroid dienone is 2. The summed E-state index contributed by atoms with van der Waals surface area (Å²) in [5.74, 6) is 0.264. The molecule has 0 amide bonds. The Hall–Kier alpha value is -1.85. The molecule has 4 fully saturated rings. The highest BCUT2D eigenvalue weighted by atomic mass is 16.6. The van der Waals surface area contributed by atoms with Crippen LogP contribution in [0.4, 0.5) is 0 Å². The van der Waals surface area contributed by atoms with Crippen LogP contribution in [0.3, 0.4) is 0 Å². The predicted molar refractivity (Wildman–Crippen MR) is 158 cm³/mol. The summed E-state index contributed by atoms with van der Waals surface area (Å²) in [4.78, 5) is 38.0. The second kappa shape index (κ2) is 9.58. The molecule has 4 saturated carbocycles. The molecule has 0 heterocycles. The highest BCUT2D eigenvalue weighted by Crippen LogP contribution is 2.76. The summed E-state index contributed by atoms with van der Waals surface area (Å²) in [6, 6.07) is 0. The van der Waals surface area contributed by atoms with E-state index in [9.17, 15) is 14.4 Å². The van der Waals surface area contributed by atoms with Crippen molar-refractivity contribution in [3.05, 3.63) is 11.6 Å². The molecule has 0 spiro atoms. The van der Waals surface area contributed by atoms with Crippen LogP contribution in [0.25, 0.3) is 0 Å². The van der Waals surface area contributed by atoms with E-state index in [1.807, 2.05) is 0 Å². The number of carbonyl (C=O) groups is 3. The van der Waals surface area contributed by atoms with E-state index in [4.69, 9.17) is 14.2 Å². The molecule has 9 atom stereocenters. The zero-order valence-electron chi connectivity index (χ0n) is 27.3. The molecule has 5 aliphatic carbocycles. The topological polar surface area (TPSA) is 78.9 Å². The lowest BCUT2D eigenvalue weighted by atomic mass is 9.33. The fraction of sp³-hybridized carbons (Fsp3) is 0.857. The highest BCUT2D eigenvalue weighted by molar-refractivity contribution is 5.78. The number of hydrogen-bond acceptors (Lipinski definition) is 6. The molecule has 0 aliphatic heterocycles. The van der Waals surface area contributed by atoms with Crippen molar-refractivity contribution in [3.8, 4) is 0 Å². The third kappa shape index (κ3) is 4.26. The SMILES string of the molecule is COC(=O)[C@]12CCC(C)(C)C[C@H]1C1=CC[C@@H]3[C@@]4(C)C[C@@H](OC(C)=O)[C@@H](OC(C)=O)C(C)(C)[C@H]4CC[C@@]3(C)[C@]1(C)CC2. The Morgan fingerprint density at radius 3 is 2.05 bits per heavy atom. The van der Waals surface area contributed by atoms with Crippen LogP contribution in [0.2, 0.25) is 0 Å². The van der Waals surface area contributed by atoms with Gasteiger partial charge in [0.05, 0.1) is 12.5 Å². The van der Waals surface area contributed by atoms with Gasteiger partial charge in [-0.05, 0) is 97.2 Å². The third-order valence-corrected chi connectivity index (χ3v) is 13.7. The fourth-order valence-corrected chi connectivity index (χ4v) is 11.6. The van der Waals surface area contributed by atoms with E-state index in [-0.39, 0.29) is 50.9 Å². The summed E-state index contributed by atoms with van der Waals surface area (Å²) in [5.41, 5.74) is 0.868. The van der Waals surface area contributed by atoms with E-state index in [0.29, 0.717) is 18.3 Å². The molecule has 0 aromatic carbocycles. The number of methoxy groups -OCH3 is 1. The van der Waals surface area contributed by atoms with Gasteiger partial charge in [0.15, 0.2) is 0 Å². The van der Waals surface area contributed by atoms with E-state index < -0.39 is 17.6 Å². The van der Waals surface area contributed by atoms with Crippen LogP contribution in [-0.2, 0) is 28.6 Å². The molecule has 0 radical (unpaired) electrons. The molecule has 0 N–H and O–H groups in total. The predicted octanol–water partition coefficient (Wildman–Crippen LogP) is 7.43. The van der Waals surface area contributed by atoms with Gasteiger partial charge in [-0.25, -0.2) is 0 Å². The van der Waals surface area contributed by atoms with Crippen LogP contribution in [0.1, 0.15) is 120 Å². The Bertz CT molecular complexity index is 1150. The van der Waals surface area contributed by atoms with Crippen molar-refractivity contribution in [1.29, 1.82) is 0 Å². The number of esters is 3. The van der Waals surface area contributed by atoms with Gasteiger partial charge in [-0.2, -0.15) is 0 Å². The van der Waals surface area contributed by atoms with Crippen molar-refractivity contribution in [2.45, 2.75) is 132 Å². The van der Waals surface area contributed by atoms with Gasteiger partial charge in [0, 0.05) is 19.3 Å². The lowest BCUT2D eigenvalue weighted by Gasteiger charge is -2.71. The largest absolute Gasteiger partial charge is 0.469 e. The molecule has 0 bridgehead atoms. The summed E-state index contributed by atoms with van der Waals surface area (Å²) < 4.78 is 17.4. The number of carbonyl (C=O) groups excluding carboxylic acids is 3. The fourth-order valence-electron chi connectivity index (χ4n) is 11.6. The van der Waals surface area contributed by atoms with Gasteiger partial charge in [0.25, 0.3) is 0 Å². The highest BCUT2D eigenvalue weighted by Gasteiger charge is 2.71. The normalized spacial score (nSPS) is 45.9. The zero-order chi connectivity index (χ0) is 30.4. The molecular weight excluding hydrogens is 516 g/mol. The first-order valence-corrected chi connectivity index (χ1v) is 16.0. The van der Waals surface area contributed by atoms with E-state index in [1.165, 1.54) is 19.4 Å². The maximum atomic E-state index is 13.5. The summed E-state index contributed by atoms with van der Waals surface area (Å²) in [7, 11) is 1.56. The third-order valence-electron chi connectivity index (χ3n) is 13.7. The molecule has 0 saturated heterocycles. The van der Waals surface area contributed by atoms with Gasteiger partial charge in [-0.15, -0.1) is 0 Å². The van der Waals surface area contributed by atoms with Crippen molar-refractivity contribution in [2.24, 2.45) is 50.2 Å². The van der Waals surface area contributed by atoms with E-state index >= 15 is 0 Å². The summed E-state index contributed by atoms with van der Waals surface area (Å²) >= 11 is 0. The number of ether oxygens (including phenoxy) is 3. The van der Waals surface area contributed by atoms with Crippen LogP contribution in [0.15, 0.2) is 11.6 Å². The van der Waals surface area contributed by atoms with Crippen molar-refractivity contribution in [1.82, 2.24) is 0 Å². The molecule has 0 unspecified atom stereocenters. The number of fused-ring (bicyclic) bond motifs is 7. The molecule has 6 heteroatoms. The van der Waals surface area contributed by atoms with Crippen LogP contribution in [0, 0.1) is 50.2 Å². The first kappa shape index (κ1) is 30.6. The quantitative estimate of drug-likeness (QED) is 0.199. The molecule has 41 heavy (non-hydrogen) atoms. The molecule has 0 aromatic heterocycles. The van der Waals surface area contributed by atoms with Crippen molar-refractivity contribution in [3.63, 3.8) is 0 Å². The van der Waals surface area contributed by atoms with Gasteiger partial charge in [0.1, 0.15) is 12.2 Å². The number of hydrogen-bond donors (Lipinski definition) is 0. The maximum Gasteiger partial charge on any atom is 0.312 e. The van der Waals surface area contributed by atoms with Gasteiger partial charge >= 0.3 is 17.9 Å². The number of rotatable bonds is 3. The molecule has 5 aliphatic rings. The summed E-state index contributed by atoms with van der Waals surface area (Å²) in [6.45, 7) is 19.5. The Morgan fingerprint density at radius 1 is 0.805 bits per heavy atom. The first-order valence-electron chi connectivity index (χ1n) is 16.0. The van der Waals surface area contributed by atoms with Crippen LogP contribution in [-0.4, -0.2) is 37.2 Å². The second-order valence-corrected chi connectivity index (χ2v) is 16.6. The Balaban J connectivity index is 1.59. The Morgan fingerprint density at radius 2 is 1.44 bits per heavy atom. The Labute approximate surface area is 247 Å². The van der Waals surface area contributed by atoms with E-state index in [0.717, 1.165) is 51.4 Å². The Kier molecular flexibility index (Phi) is 7.15. The smallest absolute Gasteiger partial charge is 0.312 e. The minimum atomic E-state index is -0.467. The second-order valence-electron chi connectivity index (χ2n) is 16.6. The molecule has 6 nitrogen and oxygen atoms in total. The maximum absolute atomic E-state index is 13.5. The zero-order valence-corrected chi connectivity index (χ0v) is 27.3. The van der Waals surface area contributed by atoms with Gasteiger partial charge in [-0.3, -0.25) is 14.4 Å². The van der Waals surface area contributed by atoms with Crippen LogP contribution in [0.5, 0.6) is 0 Å². The van der Waals surface area contributed by atoms with Crippen molar-refractivity contribution < 1.29 is 28.6 Å². The summed E-state index contributed by atoms with van der Waals surface area (Å²) in [6.07, 6.45) is 10.3. The minimum absolute atomic E-state index is 0.0151. The molecule has 230 valence electrons. The van der Waals surface area contributed by atoms with Crippen molar-refractivity contribution >= 4 is 17.9 Å². The van der Waals surface area contributed by atoms with Crippen LogP contribution >= 0.6 is 0 Å². The van der Waals surface area contributed by atoms with Gasteiger partial charge in [0.2, 0.25) is 0 Å². The van der Waals surface area contributed by atoms with Gasteiger partial charge in [-0.1, -0.05) is 60.1 Å². The lowest BCUT2D eigenvalue weighted by molar-refractivity contribution is -0.244. The monoisotopic (exact) mass is 570 g/mol. The molecule has 5 rings (SSSR count). The average molecular weight is 571 g/mol. The van der Waals surface area contributed by atoms with Gasteiger partial charge < -0.3 is 14.2 Å². The van der Waals surface area contributed by atoms with Crippen LogP contribution < -0.4 is 0 Å². The van der Waals surface area contributed by atoms with E-state index in [1.54, 1.807) is 7.11 Å². The minimum Gasteiger partial charge on any atom is -0.469 e. The first-order chi connectivity index (χ1) is 18.9.